The number of anilines is 1. The first kappa shape index (κ1) is 25.0. The van der Waals surface area contributed by atoms with Gasteiger partial charge in [0.1, 0.15) is 11.4 Å². The fourth-order valence-corrected chi connectivity index (χ4v) is 3.28. The first-order valence-corrected chi connectivity index (χ1v) is 10.2. The Bertz CT molecular complexity index is 805. The van der Waals surface area contributed by atoms with Gasteiger partial charge in [0.05, 0.1) is 11.7 Å². The highest BCUT2D eigenvalue weighted by Gasteiger charge is 2.34. The van der Waals surface area contributed by atoms with Crippen LogP contribution in [0.25, 0.3) is 0 Å². The number of fused-ring (bicyclic) bond motifs is 1. The van der Waals surface area contributed by atoms with Crippen LogP contribution >= 0.6 is 24.0 Å². The largest absolute Gasteiger partial charge is 0.482 e. The Morgan fingerprint density at radius 3 is 2.68 bits per heavy atom. The van der Waals surface area contributed by atoms with E-state index in [1.165, 1.54) is 0 Å². The van der Waals surface area contributed by atoms with Gasteiger partial charge in [0.25, 0.3) is 5.91 Å². The molecule has 1 saturated heterocycles. The van der Waals surface area contributed by atoms with Crippen molar-refractivity contribution in [1.29, 1.82) is 0 Å². The van der Waals surface area contributed by atoms with Gasteiger partial charge in [-0.15, -0.1) is 24.0 Å². The van der Waals surface area contributed by atoms with Crippen LogP contribution in [0.4, 0.5) is 10.5 Å². The minimum absolute atomic E-state index is 0. The second kappa shape index (κ2) is 10.9. The zero-order valence-electron chi connectivity index (χ0n) is 18.5. The molecule has 2 amide bonds. The predicted molar refractivity (Wildman–Crippen MR) is 130 cm³/mol. The summed E-state index contributed by atoms with van der Waals surface area (Å²) in [5.41, 5.74) is 0.322. The van der Waals surface area contributed by atoms with Gasteiger partial charge in [-0.05, 0) is 39.3 Å². The van der Waals surface area contributed by atoms with Crippen LogP contribution in [0, 0.1) is 0 Å². The summed E-state index contributed by atoms with van der Waals surface area (Å²) >= 11 is 0. The molecule has 0 spiro atoms. The first-order valence-electron chi connectivity index (χ1n) is 10.2. The second-order valence-electron chi connectivity index (χ2n) is 8.38. The van der Waals surface area contributed by atoms with Crippen LogP contribution in [0.2, 0.25) is 0 Å². The van der Waals surface area contributed by atoms with Crippen molar-refractivity contribution in [3.8, 4) is 5.75 Å². The smallest absolute Gasteiger partial charge is 0.410 e. The Morgan fingerprint density at radius 2 is 2.00 bits per heavy atom. The summed E-state index contributed by atoms with van der Waals surface area (Å²) in [6, 6.07) is 7.70. The quantitative estimate of drug-likeness (QED) is 0.255. The van der Waals surface area contributed by atoms with Crippen molar-refractivity contribution in [2.24, 2.45) is 4.99 Å². The van der Waals surface area contributed by atoms with E-state index in [1.807, 2.05) is 45.0 Å². The summed E-state index contributed by atoms with van der Waals surface area (Å²) in [5, 5.41) is 6.57. The van der Waals surface area contributed by atoms with Crippen LogP contribution in [0.5, 0.6) is 5.75 Å². The zero-order chi connectivity index (χ0) is 21.7. The minimum atomic E-state index is -0.491. The fraction of sp³-hybridized carbons (Fsp3) is 0.571. The number of hydrogen-bond donors (Lipinski definition) is 2. The first-order chi connectivity index (χ1) is 14.3. The molecule has 2 N–H and O–H groups in total. The third-order valence-electron chi connectivity index (χ3n) is 4.76. The molecule has 2 aliphatic rings. The van der Waals surface area contributed by atoms with E-state index < -0.39 is 5.60 Å². The molecule has 0 radical (unpaired) electrons. The molecule has 0 aromatic heterocycles. The van der Waals surface area contributed by atoms with Crippen molar-refractivity contribution in [2.45, 2.75) is 38.8 Å². The lowest BCUT2D eigenvalue weighted by Crippen LogP contribution is -2.63. The normalized spacial score (nSPS) is 16.5. The van der Waals surface area contributed by atoms with Crippen LogP contribution in [-0.4, -0.2) is 74.3 Å². The van der Waals surface area contributed by atoms with Gasteiger partial charge < -0.3 is 29.9 Å². The van der Waals surface area contributed by atoms with Crippen LogP contribution in [0.3, 0.4) is 0 Å². The molecule has 10 heteroatoms. The molecule has 2 heterocycles. The van der Waals surface area contributed by atoms with Crippen molar-refractivity contribution < 1.29 is 19.1 Å². The molecule has 1 aromatic carbocycles. The molecule has 2 aliphatic heterocycles. The molecule has 0 aliphatic carbocycles. The molecule has 1 aromatic rings. The van der Waals surface area contributed by atoms with E-state index in [0.717, 1.165) is 17.9 Å². The van der Waals surface area contributed by atoms with Gasteiger partial charge in [0.2, 0.25) is 0 Å². The lowest BCUT2D eigenvalue weighted by atomic mass is 10.1. The van der Waals surface area contributed by atoms with Crippen molar-refractivity contribution in [1.82, 2.24) is 15.5 Å². The summed E-state index contributed by atoms with van der Waals surface area (Å²) in [6.45, 7) is 8.06. The lowest BCUT2D eigenvalue weighted by molar-refractivity contribution is -0.121. The minimum Gasteiger partial charge on any atom is -0.482 e. The van der Waals surface area contributed by atoms with E-state index in [-0.39, 0.29) is 48.6 Å². The topological polar surface area (TPSA) is 95.5 Å². The molecule has 31 heavy (non-hydrogen) atoms. The highest BCUT2D eigenvalue weighted by Crippen LogP contribution is 2.31. The maximum absolute atomic E-state index is 12.2. The average Bonchev–Trinajstić information content (AvgIpc) is 2.65. The highest BCUT2D eigenvalue weighted by molar-refractivity contribution is 14.0. The van der Waals surface area contributed by atoms with Crippen molar-refractivity contribution >= 4 is 47.6 Å². The van der Waals surface area contributed by atoms with E-state index in [4.69, 9.17) is 9.47 Å². The molecule has 1 fully saturated rings. The molecule has 172 valence electrons. The van der Waals surface area contributed by atoms with Gasteiger partial charge in [0, 0.05) is 33.2 Å². The van der Waals surface area contributed by atoms with Crippen molar-refractivity contribution in [3.05, 3.63) is 24.3 Å². The van der Waals surface area contributed by atoms with Crippen molar-refractivity contribution in [3.63, 3.8) is 0 Å². The molecular weight excluding hydrogens is 513 g/mol. The average molecular weight is 545 g/mol. The number of nitrogens with zero attached hydrogens (tertiary/aromatic N) is 3. The van der Waals surface area contributed by atoms with Crippen LogP contribution in [-0.2, 0) is 9.53 Å². The summed E-state index contributed by atoms with van der Waals surface area (Å²) in [6.07, 6.45) is 0.467. The van der Waals surface area contributed by atoms with Crippen LogP contribution in [0.15, 0.2) is 29.3 Å². The Labute approximate surface area is 200 Å². The number of benzene rings is 1. The third kappa shape index (κ3) is 6.88. The highest BCUT2D eigenvalue weighted by atomic mass is 127. The number of hydrogen-bond acceptors (Lipinski definition) is 5. The Kier molecular flexibility index (Phi) is 8.78. The van der Waals surface area contributed by atoms with Crippen LogP contribution in [0.1, 0.15) is 27.2 Å². The monoisotopic (exact) mass is 545 g/mol. The molecule has 9 nitrogen and oxygen atoms in total. The summed E-state index contributed by atoms with van der Waals surface area (Å²) in [5.74, 6) is 1.38. The molecule has 3 rings (SSSR count). The maximum atomic E-state index is 12.2. The number of para-hydroxylation sites is 2. The lowest BCUT2D eigenvalue weighted by Gasteiger charge is -2.40. The number of carbonyl (C=O) groups excluding carboxylic acids is 2. The number of carbonyl (C=O) groups is 2. The Hall–Kier alpha value is -2.24. The van der Waals surface area contributed by atoms with Gasteiger partial charge in [-0.1, -0.05) is 12.1 Å². The maximum Gasteiger partial charge on any atom is 0.410 e. The third-order valence-corrected chi connectivity index (χ3v) is 4.76. The molecule has 0 unspecified atom stereocenters. The zero-order valence-corrected chi connectivity index (χ0v) is 20.8. The van der Waals surface area contributed by atoms with E-state index in [1.54, 1.807) is 16.8 Å². The SMILES string of the molecule is CN=C(NCCCN1C(=O)COc2ccccc21)NC1CN(C(=O)OC(C)(C)C)C1.I. The van der Waals surface area contributed by atoms with Gasteiger partial charge in [-0.25, -0.2) is 4.79 Å². The Morgan fingerprint density at radius 1 is 1.29 bits per heavy atom. The molecular formula is C21H32IN5O4. The van der Waals surface area contributed by atoms with Gasteiger partial charge >= 0.3 is 6.09 Å². The van der Waals surface area contributed by atoms with E-state index >= 15 is 0 Å². The van der Waals surface area contributed by atoms with Crippen molar-refractivity contribution in [2.75, 3.05) is 44.7 Å². The number of halogens is 1. The van der Waals surface area contributed by atoms with Gasteiger partial charge in [0.15, 0.2) is 12.6 Å². The number of ether oxygens (including phenoxy) is 2. The number of aliphatic imine (C=N–C) groups is 1. The summed E-state index contributed by atoms with van der Waals surface area (Å²) in [4.78, 5) is 31.9. The van der Waals surface area contributed by atoms with E-state index in [9.17, 15) is 9.59 Å². The second-order valence-corrected chi connectivity index (χ2v) is 8.38. The number of nitrogens with one attached hydrogen (secondary N) is 2. The molecule has 0 atom stereocenters. The molecule has 0 bridgehead atoms. The number of guanidine groups is 1. The van der Waals surface area contributed by atoms with Gasteiger partial charge in [-0.3, -0.25) is 9.79 Å². The van der Waals surface area contributed by atoms with Crippen LogP contribution < -0.4 is 20.3 Å². The predicted octanol–water partition coefficient (Wildman–Crippen LogP) is 2.20. The Balaban J connectivity index is 0.00000341. The van der Waals surface area contributed by atoms with E-state index in [0.29, 0.717) is 32.1 Å². The van der Waals surface area contributed by atoms with E-state index in [2.05, 4.69) is 15.6 Å². The fourth-order valence-electron chi connectivity index (χ4n) is 3.28. The summed E-state index contributed by atoms with van der Waals surface area (Å²) in [7, 11) is 1.71. The van der Waals surface area contributed by atoms with Gasteiger partial charge in [-0.2, -0.15) is 0 Å². The number of rotatable bonds is 5. The standard InChI is InChI=1S/C21H31N5O4.HI/c1-21(2,3)30-20(28)25-12-15(13-25)24-19(22-4)23-10-7-11-26-16-8-5-6-9-17(16)29-14-18(26)27;/h5-6,8-9,15H,7,10-14H2,1-4H3,(H2,22,23,24);1H. The number of likely N-dealkylation sites (tertiary alicyclic amines) is 1. The number of amides is 2. The summed E-state index contributed by atoms with van der Waals surface area (Å²) < 4.78 is 10.8. The molecule has 0 saturated carbocycles.